The van der Waals surface area contributed by atoms with Crippen LogP contribution >= 0.6 is 11.6 Å². The van der Waals surface area contributed by atoms with Crippen LogP contribution in [0.1, 0.15) is 30.5 Å². The highest BCUT2D eigenvalue weighted by Crippen LogP contribution is 2.30. The van der Waals surface area contributed by atoms with Gasteiger partial charge in [-0.3, -0.25) is 0 Å². The van der Waals surface area contributed by atoms with Gasteiger partial charge in [-0.05, 0) is 19.8 Å². The molecule has 2 aromatic heterocycles. The van der Waals surface area contributed by atoms with Crippen LogP contribution in [0.15, 0.2) is 40.9 Å². The highest BCUT2D eigenvalue weighted by atomic mass is 35.5. The third-order valence-corrected chi connectivity index (χ3v) is 4.63. The minimum Gasteiger partial charge on any atom is -0.356 e. The Morgan fingerprint density at radius 1 is 1.08 bits per heavy atom. The van der Waals surface area contributed by atoms with Crippen LogP contribution in [-0.2, 0) is 0 Å². The second-order valence-corrected chi connectivity index (χ2v) is 6.57. The van der Waals surface area contributed by atoms with Crippen molar-refractivity contribution < 1.29 is 4.52 Å². The second kappa shape index (κ2) is 6.80. The molecular weight excluding hydrogens is 338 g/mol. The molecule has 0 saturated carbocycles. The summed E-state index contributed by atoms with van der Waals surface area (Å²) in [5.41, 5.74) is 0.973. The first-order valence-electron chi connectivity index (χ1n) is 8.34. The van der Waals surface area contributed by atoms with Gasteiger partial charge in [0.25, 0.3) is 0 Å². The van der Waals surface area contributed by atoms with Gasteiger partial charge in [-0.2, -0.15) is 4.98 Å². The normalized spacial score (nSPS) is 15.5. The maximum atomic E-state index is 6.04. The maximum absolute atomic E-state index is 6.04. The Hall–Kier alpha value is -2.47. The molecule has 0 unspecified atom stereocenters. The molecule has 3 aromatic rings. The van der Waals surface area contributed by atoms with Crippen LogP contribution in [0.3, 0.4) is 0 Å². The number of benzene rings is 1. The summed E-state index contributed by atoms with van der Waals surface area (Å²) in [6.45, 7) is 3.60. The van der Waals surface area contributed by atoms with Crippen molar-refractivity contribution in [1.29, 1.82) is 0 Å². The first-order valence-corrected chi connectivity index (χ1v) is 8.72. The van der Waals surface area contributed by atoms with Crippen molar-refractivity contribution in [3.8, 4) is 11.4 Å². The number of aromatic nitrogens is 4. The fourth-order valence-corrected chi connectivity index (χ4v) is 3.36. The molecule has 3 heterocycles. The van der Waals surface area contributed by atoms with Gasteiger partial charge in [0.15, 0.2) is 0 Å². The van der Waals surface area contributed by atoms with Crippen LogP contribution in [-0.4, -0.2) is 33.2 Å². The molecule has 1 aliphatic heterocycles. The molecule has 0 atom stereocenters. The monoisotopic (exact) mass is 355 g/mol. The second-order valence-electron chi connectivity index (χ2n) is 6.18. The van der Waals surface area contributed by atoms with E-state index in [0.29, 0.717) is 16.8 Å². The van der Waals surface area contributed by atoms with Crippen LogP contribution in [0.5, 0.6) is 0 Å². The lowest BCUT2D eigenvalue weighted by atomic mass is 9.97. The molecule has 7 heteroatoms. The van der Waals surface area contributed by atoms with E-state index in [0.717, 1.165) is 43.2 Å². The lowest BCUT2D eigenvalue weighted by molar-refractivity contribution is 0.329. The Labute approximate surface area is 150 Å². The number of halogens is 1. The number of hydrogen-bond donors (Lipinski definition) is 0. The lowest BCUT2D eigenvalue weighted by Crippen LogP contribution is -2.33. The Balaban J connectivity index is 1.45. The van der Waals surface area contributed by atoms with Gasteiger partial charge in [-0.25, -0.2) is 9.97 Å². The number of aryl methyl sites for hydroxylation is 1. The van der Waals surface area contributed by atoms with Crippen LogP contribution < -0.4 is 4.90 Å². The molecule has 1 aliphatic rings. The summed E-state index contributed by atoms with van der Waals surface area (Å²) < 4.78 is 5.51. The minimum atomic E-state index is 0.277. The van der Waals surface area contributed by atoms with Crippen molar-refractivity contribution in [1.82, 2.24) is 20.1 Å². The number of anilines is 1. The zero-order valence-electron chi connectivity index (χ0n) is 13.9. The van der Waals surface area contributed by atoms with E-state index in [1.165, 1.54) is 0 Å². The quantitative estimate of drug-likeness (QED) is 0.664. The van der Waals surface area contributed by atoms with Crippen LogP contribution in [0.4, 0.5) is 5.82 Å². The van der Waals surface area contributed by atoms with Gasteiger partial charge in [-0.15, -0.1) is 0 Å². The zero-order valence-corrected chi connectivity index (χ0v) is 14.6. The van der Waals surface area contributed by atoms with Crippen LogP contribution in [0.2, 0.25) is 5.15 Å². The average molecular weight is 356 g/mol. The van der Waals surface area contributed by atoms with E-state index in [2.05, 4.69) is 25.0 Å². The van der Waals surface area contributed by atoms with Crippen molar-refractivity contribution in [2.24, 2.45) is 0 Å². The topological polar surface area (TPSA) is 67.9 Å². The van der Waals surface area contributed by atoms with Crippen molar-refractivity contribution in [3.05, 3.63) is 53.3 Å². The molecular formula is C18H18ClN5O. The van der Waals surface area contributed by atoms with Crippen LogP contribution in [0, 0.1) is 6.92 Å². The number of piperidine rings is 1. The predicted octanol–water partition coefficient (Wildman–Crippen LogP) is 3.87. The Morgan fingerprint density at radius 3 is 2.56 bits per heavy atom. The van der Waals surface area contributed by atoms with Gasteiger partial charge >= 0.3 is 0 Å². The number of nitrogens with zero attached hydrogens (tertiary/aromatic N) is 5. The third kappa shape index (κ3) is 3.49. The van der Waals surface area contributed by atoms with E-state index >= 15 is 0 Å². The fraction of sp³-hybridized carbons (Fsp3) is 0.333. The minimum absolute atomic E-state index is 0.277. The van der Waals surface area contributed by atoms with E-state index in [-0.39, 0.29) is 5.92 Å². The Bertz CT molecular complexity index is 839. The molecule has 0 aliphatic carbocycles. The molecule has 1 aromatic carbocycles. The largest absolute Gasteiger partial charge is 0.356 e. The molecule has 25 heavy (non-hydrogen) atoms. The van der Waals surface area contributed by atoms with Gasteiger partial charge in [-0.1, -0.05) is 47.1 Å². The fourth-order valence-electron chi connectivity index (χ4n) is 3.14. The zero-order chi connectivity index (χ0) is 17.2. The molecule has 4 rings (SSSR count). The van der Waals surface area contributed by atoms with E-state index in [4.69, 9.17) is 16.1 Å². The summed E-state index contributed by atoms with van der Waals surface area (Å²) in [7, 11) is 0. The first kappa shape index (κ1) is 16.0. The standard InChI is InChI=1S/C18H18ClN5O/c1-12-20-15(19)11-16(21-12)24-9-7-14(8-10-24)18-22-17(23-25-18)13-5-3-2-4-6-13/h2-6,11,14H,7-10H2,1H3. The summed E-state index contributed by atoms with van der Waals surface area (Å²) in [4.78, 5) is 15.4. The molecule has 0 amide bonds. The average Bonchev–Trinajstić information content (AvgIpc) is 3.12. The van der Waals surface area contributed by atoms with Crippen molar-refractivity contribution in [2.75, 3.05) is 18.0 Å². The summed E-state index contributed by atoms with van der Waals surface area (Å²) in [5.74, 6) is 3.21. The van der Waals surface area contributed by atoms with E-state index in [9.17, 15) is 0 Å². The molecule has 0 spiro atoms. The molecule has 0 N–H and O–H groups in total. The summed E-state index contributed by atoms with van der Waals surface area (Å²) in [5, 5.41) is 4.60. The highest BCUT2D eigenvalue weighted by molar-refractivity contribution is 6.29. The molecule has 0 bridgehead atoms. The highest BCUT2D eigenvalue weighted by Gasteiger charge is 2.26. The van der Waals surface area contributed by atoms with Gasteiger partial charge in [0, 0.05) is 30.6 Å². The molecule has 128 valence electrons. The third-order valence-electron chi connectivity index (χ3n) is 4.44. The lowest BCUT2D eigenvalue weighted by Gasteiger charge is -2.31. The molecule has 1 fully saturated rings. The van der Waals surface area contributed by atoms with Gasteiger partial charge < -0.3 is 9.42 Å². The summed E-state index contributed by atoms with van der Waals surface area (Å²) in [6.07, 6.45) is 1.88. The Kier molecular flexibility index (Phi) is 4.36. The number of hydrogen-bond acceptors (Lipinski definition) is 6. The molecule has 6 nitrogen and oxygen atoms in total. The van der Waals surface area contributed by atoms with E-state index in [1.807, 2.05) is 43.3 Å². The van der Waals surface area contributed by atoms with Crippen LogP contribution in [0.25, 0.3) is 11.4 Å². The predicted molar refractivity (Wildman–Crippen MR) is 95.7 cm³/mol. The van der Waals surface area contributed by atoms with E-state index < -0.39 is 0 Å². The van der Waals surface area contributed by atoms with Crippen molar-refractivity contribution in [2.45, 2.75) is 25.7 Å². The number of rotatable bonds is 3. The molecule has 1 saturated heterocycles. The Morgan fingerprint density at radius 2 is 1.84 bits per heavy atom. The van der Waals surface area contributed by atoms with Crippen molar-refractivity contribution >= 4 is 17.4 Å². The van der Waals surface area contributed by atoms with Gasteiger partial charge in [0.05, 0.1) is 0 Å². The smallest absolute Gasteiger partial charge is 0.230 e. The first-order chi connectivity index (χ1) is 12.2. The maximum Gasteiger partial charge on any atom is 0.230 e. The van der Waals surface area contributed by atoms with E-state index in [1.54, 1.807) is 0 Å². The van der Waals surface area contributed by atoms with Crippen molar-refractivity contribution in [3.63, 3.8) is 0 Å². The molecule has 0 radical (unpaired) electrons. The van der Waals surface area contributed by atoms with Gasteiger partial charge in [0.2, 0.25) is 11.7 Å². The SMILES string of the molecule is Cc1nc(Cl)cc(N2CCC(c3nc(-c4ccccc4)no3)CC2)n1. The summed E-state index contributed by atoms with van der Waals surface area (Å²) >= 11 is 6.04. The summed E-state index contributed by atoms with van der Waals surface area (Å²) in [6, 6.07) is 11.7. The van der Waals surface area contributed by atoms with Gasteiger partial charge in [0.1, 0.15) is 16.8 Å².